The summed E-state index contributed by atoms with van der Waals surface area (Å²) >= 11 is -0.811. The number of rotatable bonds is 6. The maximum absolute atomic E-state index is 13.6. The molecular formula is C10H11F5O4S. The highest BCUT2D eigenvalue weighted by Gasteiger charge is 2.62. The Hall–Kier alpha value is -1.19. The summed E-state index contributed by atoms with van der Waals surface area (Å²) in [6.07, 6.45) is -5.58. The van der Waals surface area contributed by atoms with Crippen LogP contribution in [0.15, 0.2) is 0 Å². The highest BCUT2D eigenvalue weighted by molar-refractivity contribution is 8.02. The molecule has 0 aliphatic carbocycles. The molecule has 0 unspecified atom stereocenters. The molecule has 0 amide bonds. The van der Waals surface area contributed by atoms with Crippen LogP contribution in [-0.2, 0) is 19.1 Å². The first kappa shape index (κ1) is 18.8. The summed E-state index contributed by atoms with van der Waals surface area (Å²) < 4.78 is 68.6. The third-order valence-corrected chi connectivity index (χ3v) is 3.56. The maximum atomic E-state index is 13.6. The Bertz CT molecular complexity index is 393. The fourth-order valence-electron chi connectivity index (χ4n) is 1.26. The van der Waals surface area contributed by atoms with Crippen molar-refractivity contribution in [3.8, 4) is 0 Å². The van der Waals surface area contributed by atoms with Gasteiger partial charge in [-0.2, -0.15) is 22.0 Å². The van der Waals surface area contributed by atoms with E-state index in [0.29, 0.717) is 7.11 Å². The molecule has 0 heterocycles. The zero-order valence-corrected chi connectivity index (χ0v) is 11.4. The second-order valence-corrected chi connectivity index (χ2v) is 5.03. The van der Waals surface area contributed by atoms with Crippen LogP contribution in [0, 0.1) is 5.92 Å². The maximum Gasteiger partial charge on any atom is 0.409 e. The van der Waals surface area contributed by atoms with Gasteiger partial charge in [0.15, 0.2) is 0 Å². The third-order valence-electron chi connectivity index (χ3n) is 2.11. The molecule has 0 aromatic rings. The number of alkyl halides is 5. The van der Waals surface area contributed by atoms with E-state index in [0.717, 1.165) is 13.8 Å². The topological polar surface area (TPSA) is 60.4 Å². The number of hydrogen-bond donors (Lipinski definition) is 0. The molecule has 0 aromatic heterocycles. The second-order valence-electron chi connectivity index (χ2n) is 3.78. The van der Waals surface area contributed by atoms with Gasteiger partial charge in [-0.3, -0.25) is 14.4 Å². The van der Waals surface area contributed by atoms with Gasteiger partial charge in [-0.25, -0.2) is 0 Å². The van der Waals surface area contributed by atoms with Crippen LogP contribution in [0.25, 0.3) is 0 Å². The average Bonchev–Trinajstić information content (AvgIpc) is 2.22. The van der Waals surface area contributed by atoms with Crippen LogP contribution in [0.5, 0.6) is 0 Å². The molecule has 4 nitrogen and oxygen atoms in total. The van der Waals surface area contributed by atoms with Gasteiger partial charge in [0.1, 0.15) is 16.8 Å². The molecule has 10 heteroatoms. The van der Waals surface area contributed by atoms with E-state index in [4.69, 9.17) is 0 Å². The number of ether oxygens (including phenoxy) is 1. The van der Waals surface area contributed by atoms with E-state index in [1.807, 2.05) is 0 Å². The van der Waals surface area contributed by atoms with E-state index in [1.165, 1.54) is 0 Å². The zero-order valence-electron chi connectivity index (χ0n) is 10.6. The summed E-state index contributed by atoms with van der Waals surface area (Å²) in [7, 11) is 0.523. The van der Waals surface area contributed by atoms with Gasteiger partial charge in [0.2, 0.25) is 5.92 Å². The van der Waals surface area contributed by atoms with Crippen molar-refractivity contribution in [3.05, 3.63) is 0 Å². The summed E-state index contributed by atoms with van der Waals surface area (Å²) in [6.45, 7) is 1.58. The summed E-state index contributed by atoms with van der Waals surface area (Å²) in [6, 6.07) is 0. The summed E-state index contributed by atoms with van der Waals surface area (Å²) in [5.74, 6) is -8.02. The molecule has 1 atom stereocenters. The molecular weight excluding hydrogens is 311 g/mol. The van der Waals surface area contributed by atoms with Gasteiger partial charge in [-0.1, -0.05) is 11.8 Å². The first-order valence-electron chi connectivity index (χ1n) is 5.05. The predicted molar refractivity (Wildman–Crippen MR) is 59.2 cm³/mol. The molecule has 0 bridgehead atoms. The molecule has 116 valence electrons. The van der Waals surface area contributed by atoms with Gasteiger partial charge >= 0.3 is 17.4 Å². The van der Waals surface area contributed by atoms with Crippen molar-refractivity contribution < 1.29 is 41.1 Å². The highest BCUT2D eigenvalue weighted by Crippen LogP contribution is 2.47. The van der Waals surface area contributed by atoms with Crippen LogP contribution in [-0.4, -0.2) is 41.3 Å². The van der Waals surface area contributed by atoms with Gasteiger partial charge in [0.25, 0.3) is 0 Å². The average molecular weight is 322 g/mol. The van der Waals surface area contributed by atoms with Gasteiger partial charge in [-0.15, -0.1) is 0 Å². The van der Waals surface area contributed by atoms with Crippen LogP contribution < -0.4 is 0 Å². The van der Waals surface area contributed by atoms with Crippen molar-refractivity contribution in [3.63, 3.8) is 0 Å². The minimum Gasteiger partial charge on any atom is -0.468 e. The number of methoxy groups -OCH3 is 1. The van der Waals surface area contributed by atoms with E-state index < -0.39 is 51.9 Å². The minimum absolute atomic E-state index is 0.523. The van der Waals surface area contributed by atoms with E-state index >= 15 is 0 Å². The minimum atomic E-state index is -5.58. The van der Waals surface area contributed by atoms with Crippen molar-refractivity contribution in [1.82, 2.24) is 0 Å². The summed E-state index contributed by atoms with van der Waals surface area (Å²) in [4.78, 5) is 32.9. The first-order valence-corrected chi connectivity index (χ1v) is 5.93. The number of esters is 1. The standard InChI is InChI=1S/C10H11F5O4S/c1-4(16)6(5(2)17)20-10(14,15)7(8(18)19-3)9(11,12)13/h6-7H,1-3H3/t7-/m0/s1. The van der Waals surface area contributed by atoms with Crippen LogP contribution in [0.4, 0.5) is 22.0 Å². The number of hydrogen-bond acceptors (Lipinski definition) is 5. The SMILES string of the molecule is COC(=O)[C@@H](C(F)(F)F)C(F)(F)SC(C(C)=O)C(C)=O. The van der Waals surface area contributed by atoms with Crippen LogP contribution in [0.1, 0.15) is 13.8 Å². The second kappa shape index (κ2) is 6.51. The number of thioether (sulfide) groups is 1. The Morgan fingerprint density at radius 3 is 1.65 bits per heavy atom. The lowest BCUT2D eigenvalue weighted by molar-refractivity contribution is -0.224. The lowest BCUT2D eigenvalue weighted by Crippen LogP contribution is -2.45. The monoisotopic (exact) mass is 322 g/mol. The fourth-order valence-corrected chi connectivity index (χ4v) is 2.27. The number of halogens is 5. The van der Waals surface area contributed by atoms with E-state index in [1.54, 1.807) is 0 Å². The molecule has 0 aromatic carbocycles. The Kier molecular flexibility index (Phi) is 6.12. The molecule has 0 saturated carbocycles. The lowest BCUT2D eigenvalue weighted by Gasteiger charge is -2.27. The number of carbonyl (C=O) groups excluding carboxylic acids is 3. The molecule has 20 heavy (non-hydrogen) atoms. The number of Topliss-reactive ketones (excluding diaryl/α,β-unsaturated/α-hetero) is 2. The molecule has 0 aliphatic rings. The number of carbonyl (C=O) groups is 3. The molecule has 0 N–H and O–H groups in total. The van der Waals surface area contributed by atoms with Crippen molar-refractivity contribution in [2.45, 2.75) is 30.5 Å². The fraction of sp³-hybridized carbons (Fsp3) is 0.700. The Morgan fingerprint density at radius 2 is 1.40 bits per heavy atom. The molecule has 0 fully saturated rings. The Labute approximate surface area is 115 Å². The van der Waals surface area contributed by atoms with Gasteiger partial charge in [-0.05, 0) is 13.8 Å². The molecule has 0 spiro atoms. The normalized spacial score (nSPS) is 14.1. The first-order chi connectivity index (χ1) is 8.84. The predicted octanol–water partition coefficient (Wildman–Crippen LogP) is 2.21. The molecule has 0 radical (unpaired) electrons. The van der Waals surface area contributed by atoms with Crippen LogP contribution >= 0.6 is 11.8 Å². The lowest BCUT2D eigenvalue weighted by atomic mass is 10.1. The van der Waals surface area contributed by atoms with Crippen molar-refractivity contribution in [2.24, 2.45) is 5.92 Å². The van der Waals surface area contributed by atoms with Gasteiger partial charge in [0, 0.05) is 0 Å². The third kappa shape index (κ3) is 4.73. The van der Waals surface area contributed by atoms with Crippen LogP contribution in [0.2, 0.25) is 0 Å². The molecule has 0 rings (SSSR count). The molecule has 0 saturated heterocycles. The van der Waals surface area contributed by atoms with Crippen molar-refractivity contribution in [1.29, 1.82) is 0 Å². The number of ketones is 2. The van der Waals surface area contributed by atoms with Gasteiger partial charge in [0.05, 0.1) is 7.11 Å². The molecule has 0 aliphatic heterocycles. The smallest absolute Gasteiger partial charge is 0.409 e. The zero-order chi connectivity index (χ0) is 16.3. The Morgan fingerprint density at radius 1 is 1.00 bits per heavy atom. The van der Waals surface area contributed by atoms with E-state index in [2.05, 4.69) is 4.74 Å². The van der Waals surface area contributed by atoms with Crippen molar-refractivity contribution >= 4 is 29.3 Å². The summed E-state index contributed by atoms with van der Waals surface area (Å²) in [5, 5.41) is -6.70. The van der Waals surface area contributed by atoms with E-state index in [9.17, 15) is 36.3 Å². The Balaban J connectivity index is 5.49. The van der Waals surface area contributed by atoms with E-state index in [-0.39, 0.29) is 0 Å². The van der Waals surface area contributed by atoms with Crippen LogP contribution in [0.3, 0.4) is 0 Å². The highest BCUT2D eigenvalue weighted by atomic mass is 32.2. The summed E-state index contributed by atoms with van der Waals surface area (Å²) in [5.41, 5.74) is 0. The largest absolute Gasteiger partial charge is 0.468 e. The van der Waals surface area contributed by atoms with Gasteiger partial charge < -0.3 is 4.74 Å². The van der Waals surface area contributed by atoms with Crippen molar-refractivity contribution in [2.75, 3.05) is 7.11 Å². The quantitative estimate of drug-likeness (QED) is 0.426.